The van der Waals surface area contributed by atoms with Crippen LogP contribution in [-0.4, -0.2) is 27.4 Å². The van der Waals surface area contributed by atoms with Crippen LogP contribution in [0.3, 0.4) is 0 Å². The summed E-state index contributed by atoms with van der Waals surface area (Å²) < 4.78 is 6.98. The van der Waals surface area contributed by atoms with Crippen LogP contribution >= 0.6 is 11.3 Å². The number of thiophene rings is 1. The van der Waals surface area contributed by atoms with E-state index in [1.165, 1.54) is 22.1 Å². The third-order valence-electron chi connectivity index (χ3n) is 3.35. The van der Waals surface area contributed by atoms with E-state index in [0.29, 0.717) is 18.4 Å². The lowest BCUT2D eigenvalue weighted by atomic mass is 10.2. The molecule has 2 aromatic heterocycles. The molecule has 0 amide bonds. The van der Waals surface area contributed by atoms with E-state index in [4.69, 9.17) is 9.84 Å². The number of hydrogen-bond donors (Lipinski definition) is 2. The highest BCUT2D eigenvalue weighted by molar-refractivity contribution is 7.13. The highest BCUT2D eigenvalue weighted by atomic mass is 32.1. The SMILES string of the molecule is O=c1[nH]c(=O)n([C@H]2CC[C@@H](CO)O2)cc1-c1cccs1. The van der Waals surface area contributed by atoms with E-state index in [0.717, 1.165) is 4.88 Å². The first-order valence-electron chi connectivity index (χ1n) is 6.34. The van der Waals surface area contributed by atoms with E-state index in [9.17, 15) is 9.59 Å². The Morgan fingerprint density at radius 3 is 2.95 bits per heavy atom. The molecule has 0 aliphatic carbocycles. The van der Waals surface area contributed by atoms with Gasteiger partial charge in [-0.1, -0.05) is 6.07 Å². The van der Waals surface area contributed by atoms with E-state index >= 15 is 0 Å². The molecule has 1 aliphatic heterocycles. The minimum absolute atomic E-state index is 0.0631. The molecule has 20 heavy (non-hydrogen) atoms. The topological polar surface area (TPSA) is 84.3 Å². The van der Waals surface area contributed by atoms with Crippen molar-refractivity contribution in [2.24, 2.45) is 0 Å². The van der Waals surface area contributed by atoms with Gasteiger partial charge in [-0.05, 0) is 24.3 Å². The molecule has 3 heterocycles. The zero-order valence-electron chi connectivity index (χ0n) is 10.6. The molecule has 1 aliphatic rings. The van der Waals surface area contributed by atoms with Gasteiger partial charge in [-0.15, -0.1) is 11.3 Å². The minimum Gasteiger partial charge on any atom is -0.394 e. The maximum Gasteiger partial charge on any atom is 0.330 e. The first kappa shape index (κ1) is 13.3. The number of rotatable bonds is 3. The summed E-state index contributed by atoms with van der Waals surface area (Å²) >= 11 is 1.44. The van der Waals surface area contributed by atoms with Gasteiger partial charge in [-0.2, -0.15) is 0 Å². The fraction of sp³-hybridized carbons (Fsp3) is 0.385. The molecule has 0 unspecified atom stereocenters. The Balaban J connectivity index is 2.02. The Labute approximate surface area is 118 Å². The monoisotopic (exact) mass is 294 g/mol. The molecule has 0 spiro atoms. The maximum atomic E-state index is 11.9. The smallest absolute Gasteiger partial charge is 0.330 e. The van der Waals surface area contributed by atoms with E-state index in [-0.39, 0.29) is 12.7 Å². The second kappa shape index (κ2) is 5.35. The summed E-state index contributed by atoms with van der Waals surface area (Å²) in [4.78, 5) is 26.9. The largest absolute Gasteiger partial charge is 0.394 e. The predicted molar refractivity (Wildman–Crippen MR) is 74.9 cm³/mol. The van der Waals surface area contributed by atoms with Crippen LogP contribution in [0.25, 0.3) is 10.4 Å². The summed E-state index contributed by atoms with van der Waals surface area (Å²) in [6.45, 7) is -0.0631. The predicted octanol–water partition coefficient (Wildman–Crippen LogP) is 0.935. The van der Waals surface area contributed by atoms with E-state index < -0.39 is 17.5 Å². The molecule has 2 aromatic rings. The quantitative estimate of drug-likeness (QED) is 0.882. The molecule has 0 radical (unpaired) electrons. The van der Waals surface area contributed by atoms with Gasteiger partial charge < -0.3 is 9.84 Å². The van der Waals surface area contributed by atoms with Crippen molar-refractivity contribution in [3.05, 3.63) is 44.5 Å². The third kappa shape index (κ3) is 2.35. The van der Waals surface area contributed by atoms with Crippen LogP contribution < -0.4 is 11.2 Å². The van der Waals surface area contributed by atoms with Crippen molar-refractivity contribution < 1.29 is 9.84 Å². The fourth-order valence-electron chi connectivity index (χ4n) is 2.33. The Bertz CT molecular complexity index is 704. The number of ether oxygens (including phenoxy) is 1. The van der Waals surface area contributed by atoms with Gasteiger partial charge in [0.2, 0.25) is 0 Å². The van der Waals surface area contributed by atoms with E-state index in [1.54, 1.807) is 0 Å². The molecule has 6 nitrogen and oxygen atoms in total. The molecule has 2 atom stereocenters. The Morgan fingerprint density at radius 1 is 1.45 bits per heavy atom. The molecule has 0 bridgehead atoms. The summed E-state index contributed by atoms with van der Waals surface area (Å²) in [5, 5.41) is 11.0. The molecular weight excluding hydrogens is 280 g/mol. The van der Waals surface area contributed by atoms with Crippen molar-refractivity contribution >= 4 is 11.3 Å². The lowest BCUT2D eigenvalue weighted by Gasteiger charge is -2.15. The van der Waals surface area contributed by atoms with Crippen molar-refractivity contribution in [1.29, 1.82) is 0 Å². The normalized spacial score (nSPS) is 22.2. The minimum atomic E-state index is -0.487. The number of H-pyrrole nitrogens is 1. The molecule has 0 aromatic carbocycles. The molecule has 3 rings (SSSR count). The van der Waals surface area contributed by atoms with Crippen molar-refractivity contribution in [1.82, 2.24) is 9.55 Å². The summed E-state index contributed by atoms with van der Waals surface area (Å²) in [5.74, 6) is 0. The molecular formula is C13H14N2O4S. The molecule has 1 fully saturated rings. The standard InChI is InChI=1S/C13H14N2O4S/c16-7-8-3-4-11(19-8)15-6-9(10-2-1-5-20-10)12(17)14-13(15)18/h1-2,5-6,8,11,16H,3-4,7H2,(H,14,17,18)/t8-,11+/m0/s1. The number of aliphatic hydroxyl groups is 1. The second-order valence-electron chi connectivity index (χ2n) is 4.66. The molecule has 106 valence electrons. The van der Waals surface area contributed by atoms with Crippen LogP contribution in [0.2, 0.25) is 0 Å². The van der Waals surface area contributed by atoms with Gasteiger partial charge in [-0.3, -0.25) is 14.3 Å². The molecule has 2 N–H and O–H groups in total. The average Bonchev–Trinajstić information content (AvgIpc) is 3.09. The van der Waals surface area contributed by atoms with Crippen LogP contribution in [0, 0.1) is 0 Å². The van der Waals surface area contributed by atoms with E-state index in [1.807, 2.05) is 17.5 Å². The van der Waals surface area contributed by atoms with Gasteiger partial charge in [0.15, 0.2) is 0 Å². The van der Waals surface area contributed by atoms with Crippen LogP contribution in [-0.2, 0) is 4.74 Å². The van der Waals surface area contributed by atoms with Crippen molar-refractivity contribution in [2.75, 3.05) is 6.61 Å². The number of nitrogens with one attached hydrogen (secondary N) is 1. The summed E-state index contributed by atoms with van der Waals surface area (Å²) in [6, 6.07) is 3.68. The molecule has 1 saturated heterocycles. The third-order valence-corrected chi connectivity index (χ3v) is 4.26. The first-order valence-corrected chi connectivity index (χ1v) is 7.22. The Hall–Kier alpha value is -1.70. The van der Waals surface area contributed by atoms with Crippen molar-refractivity contribution in [3.8, 4) is 10.4 Å². The number of aromatic nitrogens is 2. The van der Waals surface area contributed by atoms with Crippen LogP contribution in [0.1, 0.15) is 19.1 Å². The van der Waals surface area contributed by atoms with Gasteiger partial charge in [-0.25, -0.2) is 4.79 Å². The summed E-state index contributed by atoms with van der Waals surface area (Å²) in [5.41, 5.74) is -0.431. The fourth-order valence-corrected chi connectivity index (χ4v) is 3.07. The highest BCUT2D eigenvalue weighted by Crippen LogP contribution is 2.28. The highest BCUT2D eigenvalue weighted by Gasteiger charge is 2.27. The van der Waals surface area contributed by atoms with Gasteiger partial charge in [0.1, 0.15) is 6.23 Å². The van der Waals surface area contributed by atoms with Crippen molar-refractivity contribution in [2.45, 2.75) is 25.2 Å². The zero-order valence-corrected chi connectivity index (χ0v) is 11.4. The van der Waals surface area contributed by atoms with Crippen LogP contribution in [0.4, 0.5) is 0 Å². The summed E-state index contributed by atoms with van der Waals surface area (Å²) in [6.07, 6.45) is 2.19. The summed E-state index contributed by atoms with van der Waals surface area (Å²) in [7, 11) is 0. The Morgan fingerprint density at radius 2 is 2.30 bits per heavy atom. The van der Waals surface area contributed by atoms with Crippen LogP contribution in [0.5, 0.6) is 0 Å². The molecule has 0 saturated carbocycles. The van der Waals surface area contributed by atoms with Gasteiger partial charge in [0, 0.05) is 11.1 Å². The lowest BCUT2D eigenvalue weighted by molar-refractivity contribution is -0.0245. The van der Waals surface area contributed by atoms with Crippen LogP contribution in [0.15, 0.2) is 33.3 Å². The number of hydrogen-bond acceptors (Lipinski definition) is 5. The van der Waals surface area contributed by atoms with Gasteiger partial charge >= 0.3 is 5.69 Å². The first-order chi connectivity index (χ1) is 9.69. The van der Waals surface area contributed by atoms with E-state index in [2.05, 4.69) is 4.98 Å². The number of aromatic amines is 1. The van der Waals surface area contributed by atoms with Gasteiger partial charge in [0.05, 0.1) is 18.3 Å². The second-order valence-corrected chi connectivity index (χ2v) is 5.61. The number of aliphatic hydroxyl groups excluding tert-OH is 1. The van der Waals surface area contributed by atoms with Crippen molar-refractivity contribution in [3.63, 3.8) is 0 Å². The van der Waals surface area contributed by atoms with Gasteiger partial charge in [0.25, 0.3) is 5.56 Å². The Kier molecular flexibility index (Phi) is 3.56. The zero-order chi connectivity index (χ0) is 14.1. The average molecular weight is 294 g/mol. The maximum absolute atomic E-state index is 11.9. The number of nitrogens with zero attached hydrogens (tertiary/aromatic N) is 1. The lowest BCUT2D eigenvalue weighted by Crippen LogP contribution is -2.33. The molecule has 7 heteroatoms.